The third-order valence-corrected chi connectivity index (χ3v) is 2.15. The second-order valence-corrected chi connectivity index (χ2v) is 3.14. The van der Waals surface area contributed by atoms with Crippen molar-refractivity contribution in [2.75, 3.05) is 0 Å². The van der Waals surface area contributed by atoms with Crippen LogP contribution in [0.4, 0.5) is 4.39 Å². The van der Waals surface area contributed by atoms with Crippen LogP contribution in [0.25, 0.3) is 0 Å². The largest absolute Gasteiger partial charge is 0.367 e. The average molecular weight is 232 g/mol. The highest BCUT2D eigenvalue weighted by molar-refractivity contribution is 9.10. The highest BCUT2D eigenvalue weighted by Gasteiger charge is 2.17. The third-order valence-electron chi connectivity index (χ3n) is 1.43. The summed E-state index contributed by atoms with van der Waals surface area (Å²) in [5, 5.41) is 0. The predicted octanol–water partition coefficient (Wildman–Crippen LogP) is 1.95. The van der Waals surface area contributed by atoms with Crippen molar-refractivity contribution in [3.8, 4) is 0 Å². The van der Waals surface area contributed by atoms with Gasteiger partial charge in [0.15, 0.2) is 0 Å². The summed E-state index contributed by atoms with van der Waals surface area (Å²) in [6, 6.07) is 6.56. The standard InChI is InChI=1S/C8H7BrFNO/c9-6-4-2-1-3-5(6)7(10)8(11)12/h1-4,7H,(H2,11,12). The molecule has 0 saturated heterocycles. The summed E-state index contributed by atoms with van der Waals surface area (Å²) in [7, 11) is 0. The molecule has 0 radical (unpaired) electrons. The second-order valence-electron chi connectivity index (χ2n) is 2.29. The number of halogens is 2. The van der Waals surface area contributed by atoms with Crippen LogP contribution in [0.5, 0.6) is 0 Å². The summed E-state index contributed by atoms with van der Waals surface area (Å²) in [5.41, 5.74) is 5.07. The van der Waals surface area contributed by atoms with Crippen molar-refractivity contribution in [3.05, 3.63) is 34.3 Å². The van der Waals surface area contributed by atoms with E-state index in [2.05, 4.69) is 15.9 Å². The molecule has 1 amide bonds. The maximum absolute atomic E-state index is 13.0. The van der Waals surface area contributed by atoms with E-state index in [1.54, 1.807) is 18.2 Å². The highest BCUT2D eigenvalue weighted by Crippen LogP contribution is 2.25. The number of carbonyl (C=O) groups is 1. The molecular formula is C8H7BrFNO. The van der Waals surface area contributed by atoms with Gasteiger partial charge in [-0.25, -0.2) is 4.39 Å². The van der Waals surface area contributed by atoms with Crippen molar-refractivity contribution in [2.24, 2.45) is 5.73 Å². The van der Waals surface area contributed by atoms with Crippen LogP contribution < -0.4 is 5.73 Å². The molecule has 4 heteroatoms. The Morgan fingerprint density at radius 2 is 2.08 bits per heavy atom. The fourth-order valence-electron chi connectivity index (χ4n) is 0.834. The van der Waals surface area contributed by atoms with Crippen LogP contribution in [-0.2, 0) is 4.79 Å². The summed E-state index contributed by atoms with van der Waals surface area (Å²) in [4.78, 5) is 10.5. The minimum atomic E-state index is -1.74. The number of nitrogens with two attached hydrogens (primary N) is 1. The van der Waals surface area contributed by atoms with Crippen LogP contribution in [0.3, 0.4) is 0 Å². The molecule has 0 aliphatic carbocycles. The van der Waals surface area contributed by atoms with Crippen molar-refractivity contribution < 1.29 is 9.18 Å². The Labute approximate surface area is 77.7 Å². The number of hydrogen-bond acceptors (Lipinski definition) is 1. The quantitative estimate of drug-likeness (QED) is 0.831. The topological polar surface area (TPSA) is 43.1 Å². The van der Waals surface area contributed by atoms with Gasteiger partial charge >= 0.3 is 0 Å². The van der Waals surface area contributed by atoms with Gasteiger partial charge in [-0.05, 0) is 6.07 Å². The maximum Gasteiger partial charge on any atom is 0.256 e. The zero-order valence-electron chi connectivity index (χ0n) is 6.13. The molecule has 0 fully saturated rings. The molecule has 1 rings (SSSR count). The first-order chi connectivity index (χ1) is 5.63. The van der Waals surface area contributed by atoms with Gasteiger partial charge in [-0.3, -0.25) is 4.79 Å². The van der Waals surface area contributed by atoms with Gasteiger partial charge < -0.3 is 5.73 Å². The summed E-state index contributed by atoms with van der Waals surface area (Å²) >= 11 is 3.12. The van der Waals surface area contributed by atoms with Crippen molar-refractivity contribution in [1.29, 1.82) is 0 Å². The molecule has 0 spiro atoms. The molecule has 0 aliphatic heterocycles. The monoisotopic (exact) mass is 231 g/mol. The van der Waals surface area contributed by atoms with E-state index in [9.17, 15) is 9.18 Å². The van der Waals surface area contributed by atoms with Crippen LogP contribution in [-0.4, -0.2) is 5.91 Å². The molecule has 1 atom stereocenters. The minimum absolute atomic E-state index is 0.269. The average Bonchev–Trinajstić information content (AvgIpc) is 2.04. The van der Waals surface area contributed by atoms with Gasteiger partial charge in [-0.2, -0.15) is 0 Å². The predicted molar refractivity (Wildman–Crippen MR) is 47.2 cm³/mol. The molecule has 2 nitrogen and oxygen atoms in total. The molecular weight excluding hydrogens is 225 g/mol. The summed E-state index contributed by atoms with van der Waals surface area (Å²) in [6.07, 6.45) is -1.74. The number of alkyl halides is 1. The zero-order valence-corrected chi connectivity index (χ0v) is 7.71. The van der Waals surface area contributed by atoms with Crippen LogP contribution >= 0.6 is 15.9 Å². The lowest BCUT2D eigenvalue weighted by molar-refractivity contribution is -0.122. The molecule has 1 aromatic rings. The molecule has 0 aliphatic rings. The number of benzene rings is 1. The van der Waals surface area contributed by atoms with Gasteiger partial charge in [-0.1, -0.05) is 34.1 Å². The van der Waals surface area contributed by atoms with E-state index in [-0.39, 0.29) is 5.56 Å². The highest BCUT2D eigenvalue weighted by atomic mass is 79.9. The number of carbonyl (C=O) groups excluding carboxylic acids is 1. The molecule has 1 aromatic carbocycles. The zero-order chi connectivity index (χ0) is 9.14. The first kappa shape index (κ1) is 9.19. The van der Waals surface area contributed by atoms with E-state index in [1.807, 2.05) is 0 Å². The van der Waals surface area contributed by atoms with Gasteiger partial charge in [0.1, 0.15) is 0 Å². The molecule has 12 heavy (non-hydrogen) atoms. The normalized spacial score (nSPS) is 12.5. The molecule has 2 N–H and O–H groups in total. The van der Waals surface area contributed by atoms with Crippen molar-refractivity contribution >= 4 is 21.8 Å². The van der Waals surface area contributed by atoms with Gasteiger partial charge in [-0.15, -0.1) is 0 Å². The Kier molecular flexibility index (Phi) is 2.81. The Hall–Kier alpha value is -0.900. The van der Waals surface area contributed by atoms with Gasteiger partial charge in [0.2, 0.25) is 6.17 Å². The summed E-state index contributed by atoms with van der Waals surface area (Å²) in [5.74, 6) is -0.970. The summed E-state index contributed by atoms with van der Waals surface area (Å²) < 4.78 is 13.6. The Morgan fingerprint density at radius 1 is 1.50 bits per heavy atom. The van der Waals surface area contributed by atoms with Crippen molar-refractivity contribution in [1.82, 2.24) is 0 Å². The number of hydrogen-bond donors (Lipinski definition) is 1. The van der Waals surface area contributed by atoms with E-state index in [0.29, 0.717) is 4.47 Å². The van der Waals surface area contributed by atoms with E-state index >= 15 is 0 Å². The second kappa shape index (κ2) is 3.67. The van der Waals surface area contributed by atoms with Crippen molar-refractivity contribution in [3.63, 3.8) is 0 Å². The third kappa shape index (κ3) is 1.82. The Morgan fingerprint density at radius 3 is 2.58 bits per heavy atom. The number of primary amides is 1. The van der Waals surface area contributed by atoms with Gasteiger partial charge in [0.25, 0.3) is 5.91 Å². The van der Waals surface area contributed by atoms with Crippen LogP contribution in [0.15, 0.2) is 28.7 Å². The lowest BCUT2D eigenvalue weighted by Crippen LogP contribution is -2.17. The minimum Gasteiger partial charge on any atom is -0.367 e. The maximum atomic E-state index is 13.0. The van der Waals surface area contributed by atoms with E-state index in [4.69, 9.17) is 5.73 Å². The van der Waals surface area contributed by atoms with Crippen LogP contribution in [0, 0.1) is 0 Å². The fraction of sp³-hybridized carbons (Fsp3) is 0.125. The molecule has 0 bridgehead atoms. The smallest absolute Gasteiger partial charge is 0.256 e. The first-order valence-corrected chi connectivity index (χ1v) is 4.10. The molecule has 0 aromatic heterocycles. The lowest BCUT2D eigenvalue weighted by Gasteiger charge is -2.05. The number of amides is 1. The van der Waals surface area contributed by atoms with E-state index in [0.717, 1.165) is 0 Å². The van der Waals surface area contributed by atoms with Crippen LogP contribution in [0.1, 0.15) is 11.7 Å². The summed E-state index contributed by atoms with van der Waals surface area (Å²) in [6.45, 7) is 0. The molecule has 1 unspecified atom stereocenters. The SMILES string of the molecule is NC(=O)C(F)c1ccccc1Br. The van der Waals surface area contributed by atoms with Crippen LogP contribution in [0.2, 0.25) is 0 Å². The van der Waals surface area contributed by atoms with Gasteiger partial charge in [0.05, 0.1) is 0 Å². The van der Waals surface area contributed by atoms with Gasteiger partial charge in [0, 0.05) is 10.0 Å². The Balaban J connectivity index is 3.02. The first-order valence-electron chi connectivity index (χ1n) is 3.30. The molecule has 64 valence electrons. The molecule has 0 heterocycles. The number of rotatable bonds is 2. The van der Waals surface area contributed by atoms with E-state index in [1.165, 1.54) is 6.07 Å². The fourth-order valence-corrected chi connectivity index (χ4v) is 1.32. The lowest BCUT2D eigenvalue weighted by atomic mass is 10.1. The molecule has 0 saturated carbocycles. The Bertz CT molecular complexity index is 303. The van der Waals surface area contributed by atoms with Crippen molar-refractivity contribution in [2.45, 2.75) is 6.17 Å². The van der Waals surface area contributed by atoms with E-state index < -0.39 is 12.1 Å².